The number of aromatic nitrogens is 2. The van der Waals surface area contributed by atoms with Crippen molar-refractivity contribution in [1.29, 1.82) is 0 Å². The van der Waals surface area contributed by atoms with E-state index in [9.17, 15) is 4.79 Å². The van der Waals surface area contributed by atoms with Crippen LogP contribution in [0.5, 0.6) is 0 Å². The van der Waals surface area contributed by atoms with Crippen LogP contribution in [-0.2, 0) is 4.79 Å². The van der Waals surface area contributed by atoms with Crippen LogP contribution in [-0.4, -0.2) is 22.4 Å². The number of carbonyl (C=O) groups excluding carboxylic acids is 1. The molecule has 0 atom stereocenters. The number of hydrogen-bond donors (Lipinski definition) is 3. The van der Waals surface area contributed by atoms with E-state index < -0.39 is 0 Å². The van der Waals surface area contributed by atoms with Crippen molar-refractivity contribution >= 4 is 29.0 Å². The number of nitrogens with one attached hydrogen (secondary N) is 3. The minimum atomic E-state index is 0.145. The summed E-state index contributed by atoms with van der Waals surface area (Å²) in [5, 5.41) is 9.45. The fourth-order valence-corrected chi connectivity index (χ4v) is 3.26. The summed E-state index contributed by atoms with van der Waals surface area (Å²) in [6.45, 7) is 4.73. The van der Waals surface area contributed by atoms with Crippen molar-refractivity contribution in [3.05, 3.63) is 36.0 Å². The second-order valence-electron chi connectivity index (χ2n) is 6.78. The van der Waals surface area contributed by atoms with Crippen LogP contribution in [0.2, 0.25) is 0 Å². The summed E-state index contributed by atoms with van der Waals surface area (Å²) in [5.41, 5.74) is 2.65. The molecule has 1 aromatic heterocycles. The van der Waals surface area contributed by atoms with Crippen molar-refractivity contribution in [2.24, 2.45) is 5.92 Å². The highest BCUT2D eigenvalue weighted by atomic mass is 16.1. The first kappa shape index (κ1) is 18.2. The molecule has 1 aliphatic carbocycles. The van der Waals surface area contributed by atoms with Crippen LogP contribution in [0.1, 0.15) is 44.7 Å². The third-order valence-corrected chi connectivity index (χ3v) is 4.59. The molecule has 1 aliphatic rings. The van der Waals surface area contributed by atoms with E-state index in [1.54, 1.807) is 0 Å². The molecular formula is C20H27N5O. The van der Waals surface area contributed by atoms with Crippen molar-refractivity contribution in [1.82, 2.24) is 9.97 Å². The molecule has 0 unspecified atom stereocenters. The van der Waals surface area contributed by atoms with Crippen molar-refractivity contribution < 1.29 is 4.79 Å². The summed E-state index contributed by atoms with van der Waals surface area (Å²) in [5.74, 6) is 1.67. The molecule has 6 heteroatoms. The van der Waals surface area contributed by atoms with E-state index >= 15 is 0 Å². The van der Waals surface area contributed by atoms with E-state index in [-0.39, 0.29) is 11.8 Å². The highest BCUT2D eigenvalue weighted by Gasteiger charge is 2.20. The molecule has 1 heterocycles. The molecular weight excluding hydrogens is 326 g/mol. The second kappa shape index (κ2) is 8.65. The van der Waals surface area contributed by atoms with Gasteiger partial charge in [-0.1, -0.05) is 19.3 Å². The minimum Gasteiger partial charge on any atom is -0.354 e. The molecule has 0 radical (unpaired) electrons. The van der Waals surface area contributed by atoms with E-state index in [1.807, 2.05) is 44.2 Å². The highest BCUT2D eigenvalue weighted by molar-refractivity contribution is 5.92. The number of nitrogens with zero attached hydrogens (tertiary/aromatic N) is 2. The number of rotatable bonds is 6. The molecule has 1 saturated carbocycles. The number of hydrogen-bond acceptors (Lipinski definition) is 5. The SMILES string of the molecule is CCNc1nc(C)cc(Nc2ccc(NC(=O)C3CCCCC3)cc2)n1. The number of benzene rings is 1. The van der Waals surface area contributed by atoms with Gasteiger partial charge in [-0.15, -0.1) is 0 Å². The van der Waals surface area contributed by atoms with Crippen LogP contribution in [0, 0.1) is 12.8 Å². The molecule has 0 bridgehead atoms. The lowest BCUT2D eigenvalue weighted by molar-refractivity contribution is -0.120. The van der Waals surface area contributed by atoms with Gasteiger partial charge in [0.1, 0.15) is 5.82 Å². The van der Waals surface area contributed by atoms with E-state index in [4.69, 9.17) is 0 Å². The topological polar surface area (TPSA) is 78.9 Å². The summed E-state index contributed by atoms with van der Waals surface area (Å²) in [6, 6.07) is 9.63. The molecule has 3 N–H and O–H groups in total. The number of aryl methyl sites for hydroxylation is 1. The minimum absolute atomic E-state index is 0.145. The van der Waals surface area contributed by atoms with Crippen LogP contribution in [0.25, 0.3) is 0 Å². The predicted octanol–water partition coefficient (Wildman–Crippen LogP) is 4.48. The van der Waals surface area contributed by atoms with E-state index in [0.29, 0.717) is 5.95 Å². The molecule has 0 saturated heterocycles. The number of carbonyl (C=O) groups is 1. The molecule has 138 valence electrons. The summed E-state index contributed by atoms with van der Waals surface area (Å²) in [7, 11) is 0. The van der Waals surface area contributed by atoms with Gasteiger partial charge < -0.3 is 16.0 Å². The first-order valence-electron chi connectivity index (χ1n) is 9.41. The summed E-state index contributed by atoms with van der Waals surface area (Å²) >= 11 is 0. The third-order valence-electron chi connectivity index (χ3n) is 4.59. The fourth-order valence-electron chi connectivity index (χ4n) is 3.26. The monoisotopic (exact) mass is 353 g/mol. The van der Waals surface area contributed by atoms with Crippen LogP contribution in [0.15, 0.2) is 30.3 Å². The Morgan fingerprint density at radius 1 is 1.08 bits per heavy atom. The Morgan fingerprint density at radius 2 is 1.77 bits per heavy atom. The van der Waals surface area contributed by atoms with E-state index in [0.717, 1.165) is 55.1 Å². The summed E-state index contributed by atoms with van der Waals surface area (Å²) < 4.78 is 0. The van der Waals surface area contributed by atoms with Gasteiger partial charge in [-0.2, -0.15) is 4.98 Å². The average molecular weight is 353 g/mol. The Hall–Kier alpha value is -2.63. The maximum absolute atomic E-state index is 12.3. The molecule has 6 nitrogen and oxygen atoms in total. The van der Waals surface area contributed by atoms with Gasteiger partial charge in [0, 0.05) is 35.6 Å². The largest absolute Gasteiger partial charge is 0.354 e. The van der Waals surface area contributed by atoms with E-state index in [1.165, 1.54) is 6.42 Å². The fraction of sp³-hybridized carbons (Fsp3) is 0.450. The quantitative estimate of drug-likeness (QED) is 0.713. The van der Waals surface area contributed by atoms with Gasteiger partial charge in [0.2, 0.25) is 11.9 Å². The molecule has 2 aromatic rings. The van der Waals surface area contributed by atoms with Gasteiger partial charge in [-0.25, -0.2) is 4.98 Å². The predicted molar refractivity (Wildman–Crippen MR) is 106 cm³/mol. The van der Waals surface area contributed by atoms with Crippen LogP contribution in [0.3, 0.4) is 0 Å². The van der Waals surface area contributed by atoms with Crippen LogP contribution < -0.4 is 16.0 Å². The summed E-state index contributed by atoms with van der Waals surface area (Å²) in [4.78, 5) is 21.1. The van der Waals surface area contributed by atoms with Crippen molar-refractivity contribution in [2.75, 3.05) is 22.5 Å². The van der Waals surface area contributed by atoms with Gasteiger partial charge in [-0.05, 0) is 51.0 Å². The van der Waals surface area contributed by atoms with Crippen molar-refractivity contribution in [2.45, 2.75) is 46.0 Å². The maximum Gasteiger partial charge on any atom is 0.227 e. The lowest BCUT2D eigenvalue weighted by atomic mass is 9.88. The Bertz CT molecular complexity index is 738. The zero-order valence-electron chi connectivity index (χ0n) is 15.5. The second-order valence-corrected chi connectivity index (χ2v) is 6.78. The Balaban J connectivity index is 1.61. The van der Waals surface area contributed by atoms with Gasteiger partial charge in [0.25, 0.3) is 0 Å². The molecule has 1 amide bonds. The first-order valence-corrected chi connectivity index (χ1v) is 9.41. The lowest BCUT2D eigenvalue weighted by Crippen LogP contribution is -2.24. The van der Waals surface area contributed by atoms with Gasteiger partial charge in [0.15, 0.2) is 0 Å². The molecule has 26 heavy (non-hydrogen) atoms. The number of amides is 1. The van der Waals surface area contributed by atoms with Crippen LogP contribution in [0.4, 0.5) is 23.1 Å². The third kappa shape index (κ3) is 4.94. The van der Waals surface area contributed by atoms with Gasteiger partial charge >= 0.3 is 0 Å². The molecule has 3 rings (SSSR count). The van der Waals surface area contributed by atoms with Gasteiger partial charge in [-0.3, -0.25) is 4.79 Å². The molecule has 0 aliphatic heterocycles. The van der Waals surface area contributed by atoms with Gasteiger partial charge in [0.05, 0.1) is 0 Å². The Morgan fingerprint density at radius 3 is 2.46 bits per heavy atom. The standard InChI is InChI=1S/C20H27N5O/c1-3-21-20-22-14(2)13-18(25-20)23-16-9-11-17(12-10-16)24-19(26)15-7-5-4-6-8-15/h9-13,15H,3-8H2,1-2H3,(H,24,26)(H2,21,22,23,25). The van der Waals surface area contributed by atoms with Crippen molar-refractivity contribution in [3.8, 4) is 0 Å². The number of anilines is 4. The van der Waals surface area contributed by atoms with E-state index in [2.05, 4.69) is 25.9 Å². The van der Waals surface area contributed by atoms with Crippen LogP contribution >= 0.6 is 0 Å². The molecule has 1 aromatic carbocycles. The zero-order valence-corrected chi connectivity index (χ0v) is 15.5. The maximum atomic E-state index is 12.3. The zero-order chi connectivity index (χ0) is 18.4. The highest BCUT2D eigenvalue weighted by Crippen LogP contribution is 2.25. The smallest absolute Gasteiger partial charge is 0.227 e. The molecule has 0 spiro atoms. The Labute approximate surface area is 154 Å². The van der Waals surface area contributed by atoms with Crippen molar-refractivity contribution in [3.63, 3.8) is 0 Å². The average Bonchev–Trinajstić information content (AvgIpc) is 2.64. The molecule has 1 fully saturated rings. The lowest BCUT2D eigenvalue weighted by Gasteiger charge is -2.20. The summed E-state index contributed by atoms with van der Waals surface area (Å²) in [6.07, 6.45) is 5.59. The first-order chi connectivity index (χ1) is 12.6. The Kier molecular flexibility index (Phi) is 6.04. The normalized spacial score (nSPS) is 14.7.